The lowest BCUT2D eigenvalue weighted by atomic mass is 10.1. The molecule has 32 heavy (non-hydrogen) atoms. The van der Waals surface area contributed by atoms with E-state index in [2.05, 4.69) is 15.7 Å². The van der Waals surface area contributed by atoms with Crippen LogP contribution in [0.3, 0.4) is 0 Å². The number of halogens is 1. The maximum Gasteiger partial charge on any atom is 0.251 e. The van der Waals surface area contributed by atoms with Gasteiger partial charge in [-0.05, 0) is 60.3 Å². The number of carbonyl (C=O) groups excluding carboxylic acids is 2. The number of anilines is 1. The molecule has 2 aromatic heterocycles. The second kappa shape index (κ2) is 9.15. The van der Waals surface area contributed by atoms with Crippen molar-refractivity contribution in [2.45, 2.75) is 20.4 Å². The van der Waals surface area contributed by atoms with Crippen LogP contribution in [0.1, 0.15) is 27.9 Å². The number of nitrogens with zero attached hydrogens (tertiary/aromatic N) is 2. The number of hydrogen-bond acceptors (Lipinski definition) is 4. The molecule has 0 spiro atoms. The molecule has 2 heterocycles. The third kappa shape index (κ3) is 4.60. The largest absolute Gasteiger partial charge is 0.347 e. The molecule has 2 aromatic carbocycles. The fraction of sp³-hybridized carbons (Fsp3) is 0.125. The number of nitrogens with one attached hydrogen (secondary N) is 2. The van der Waals surface area contributed by atoms with E-state index in [0.29, 0.717) is 34.9 Å². The van der Waals surface area contributed by atoms with E-state index >= 15 is 0 Å². The van der Waals surface area contributed by atoms with Crippen molar-refractivity contribution in [3.8, 4) is 16.8 Å². The predicted octanol–water partition coefficient (Wildman–Crippen LogP) is 4.94. The summed E-state index contributed by atoms with van der Waals surface area (Å²) < 4.78 is 15.0. The van der Waals surface area contributed by atoms with Crippen LogP contribution in [0.15, 0.2) is 66.0 Å². The van der Waals surface area contributed by atoms with E-state index in [9.17, 15) is 14.0 Å². The van der Waals surface area contributed by atoms with Crippen molar-refractivity contribution in [2.24, 2.45) is 0 Å². The van der Waals surface area contributed by atoms with Crippen molar-refractivity contribution < 1.29 is 14.0 Å². The Kier molecular flexibility index (Phi) is 6.13. The van der Waals surface area contributed by atoms with E-state index in [1.54, 1.807) is 52.4 Å². The summed E-state index contributed by atoms with van der Waals surface area (Å²) in [6, 6.07) is 16.9. The number of hydrogen-bond donors (Lipinski definition) is 2. The number of aromatic nitrogens is 2. The predicted molar refractivity (Wildman–Crippen MR) is 123 cm³/mol. The summed E-state index contributed by atoms with van der Waals surface area (Å²) in [6.07, 6.45) is 0. The van der Waals surface area contributed by atoms with Gasteiger partial charge in [-0.1, -0.05) is 18.2 Å². The molecule has 0 radical (unpaired) electrons. The molecule has 0 aliphatic carbocycles. The van der Waals surface area contributed by atoms with Crippen molar-refractivity contribution in [3.63, 3.8) is 0 Å². The highest BCUT2D eigenvalue weighted by molar-refractivity contribution is 7.09. The van der Waals surface area contributed by atoms with E-state index in [-0.39, 0.29) is 17.6 Å². The first-order valence-corrected chi connectivity index (χ1v) is 10.8. The molecule has 0 bridgehead atoms. The summed E-state index contributed by atoms with van der Waals surface area (Å²) in [4.78, 5) is 25.4. The molecule has 0 aliphatic heterocycles. The van der Waals surface area contributed by atoms with Crippen LogP contribution in [-0.2, 0) is 11.3 Å². The van der Waals surface area contributed by atoms with Gasteiger partial charge >= 0.3 is 0 Å². The lowest BCUT2D eigenvalue weighted by Crippen LogP contribution is -2.22. The van der Waals surface area contributed by atoms with Crippen LogP contribution in [0.25, 0.3) is 16.8 Å². The lowest BCUT2D eigenvalue weighted by molar-refractivity contribution is -0.114. The van der Waals surface area contributed by atoms with E-state index in [1.165, 1.54) is 19.1 Å². The first-order chi connectivity index (χ1) is 15.4. The minimum absolute atomic E-state index is 0.171. The highest BCUT2D eigenvalue weighted by Gasteiger charge is 2.19. The third-order valence-corrected chi connectivity index (χ3v) is 5.74. The zero-order valence-corrected chi connectivity index (χ0v) is 18.4. The van der Waals surface area contributed by atoms with Crippen LogP contribution in [0.5, 0.6) is 0 Å². The maximum atomic E-state index is 13.4. The summed E-state index contributed by atoms with van der Waals surface area (Å²) in [7, 11) is 0. The van der Waals surface area contributed by atoms with Gasteiger partial charge in [-0.25, -0.2) is 9.07 Å². The second-order valence-corrected chi connectivity index (χ2v) is 8.25. The summed E-state index contributed by atoms with van der Waals surface area (Å²) >= 11 is 1.59. The van der Waals surface area contributed by atoms with Gasteiger partial charge in [-0.2, -0.15) is 5.10 Å². The van der Waals surface area contributed by atoms with Crippen LogP contribution in [0.2, 0.25) is 0 Å². The first kappa shape index (κ1) is 21.5. The zero-order chi connectivity index (χ0) is 22.7. The number of aryl methyl sites for hydroxylation is 1. The van der Waals surface area contributed by atoms with Gasteiger partial charge in [0.2, 0.25) is 5.91 Å². The standard InChI is InChI=1S/C24H21FN4O2S/c1-15-22(17-5-9-19(25)10-6-17)23(27-16(2)30)29(28-15)20-11-7-18(8-12-20)24(31)26-14-21-4-3-13-32-21/h3-13H,14H2,1-2H3,(H,26,31)(H,27,30). The molecule has 162 valence electrons. The van der Waals surface area contributed by atoms with Gasteiger partial charge < -0.3 is 10.6 Å². The molecule has 0 saturated carbocycles. The van der Waals surface area contributed by atoms with Crippen LogP contribution in [0, 0.1) is 12.7 Å². The molecule has 4 aromatic rings. The Morgan fingerprint density at radius 1 is 1.06 bits per heavy atom. The van der Waals surface area contributed by atoms with Crippen LogP contribution >= 0.6 is 11.3 Å². The van der Waals surface area contributed by atoms with Crippen LogP contribution in [0.4, 0.5) is 10.2 Å². The van der Waals surface area contributed by atoms with Gasteiger partial charge in [0.15, 0.2) is 0 Å². The molecular formula is C24H21FN4O2S. The van der Waals surface area contributed by atoms with Crippen molar-refractivity contribution in [1.29, 1.82) is 0 Å². The van der Waals surface area contributed by atoms with E-state index < -0.39 is 0 Å². The third-order valence-electron chi connectivity index (χ3n) is 4.87. The molecule has 2 amide bonds. The monoisotopic (exact) mass is 448 g/mol. The van der Waals surface area contributed by atoms with Gasteiger partial charge in [-0.3, -0.25) is 9.59 Å². The van der Waals surface area contributed by atoms with Crippen LogP contribution in [-0.4, -0.2) is 21.6 Å². The van der Waals surface area contributed by atoms with Gasteiger partial charge in [0.1, 0.15) is 11.6 Å². The second-order valence-electron chi connectivity index (χ2n) is 7.22. The molecule has 4 rings (SSSR count). The number of rotatable bonds is 6. The molecule has 0 aliphatic rings. The normalized spacial score (nSPS) is 10.7. The molecule has 8 heteroatoms. The van der Waals surface area contributed by atoms with Gasteiger partial charge in [-0.15, -0.1) is 11.3 Å². The average Bonchev–Trinajstić information content (AvgIpc) is 3.41. The fourth-order valence-corrected chi connectivity index (χ4v) is 4.04. The summed E-state index contributed by atoms with van der Waals surface area (Å²) in [6.45, 7) is 3.72. The topological polar surface area (TPSA) is 76.0 Å². The molecule has 0 atom stereocenters. The quantitative estimate of drug-likeness (QED) is 0.439. The molecule has 0 unspecified atom stereocenters. The van der Waals surface area contributed by atoms with Gasteiger partial charge in [0, 0.05) is 22.9 Å². The minimum Gasteiger partial charge on any atom is -0.347 e. The number of carbonyl (C=O) groups is 2. The Balaban J connectivity index is 1.64. The number of amides is 2. The zero-order valence-electron chi connectivity index (χ0n) is 17.6. The Bertz CT molecular complexity index is 1250. The lowest BCUT2D eigenvalue weighted by Gasteiger charge is -2.11. The van der Waals surface area contributed by atoms with Crippen molar-refractivity contribution >= 4 is 29.0 Å². The number of thiophene rings is 1. The Hall–Kier alpha value is -3.78. The Morgan fingerprint density at radius 3 is 2.41 bits per heavy atom. The van der Waals surface area contributed by atoms with Crippen molar-refractivity contribution in [2.75, 3.05) is 5.32 Å². The van der Waals surface area contributed by atoms with Gasteiger partial charge in [0.05, 0.1) is 17.9 Å². The Labute approximate surface area is 188 Å². The highest BCUT2D eigenvalue weighted by atomic mass is 32.1. The molecule has 0 fully saturated rings. The van der Waals surface area contributed by atoms with E-state index in [4.69, 9.17) is 0 Å². The molecule has 6 nitrogen and oxygen atoms in total. The van der Waals surface area contributed by atoms with E-state index in [0.717, 1.165) is 10.4 Å². The highest BCUT2D eigenvalue weighted by Crippen LogP contribution is 2.33. The number of benzene rings is 2. The molecular weight excluding hydrogens is 427 g/mol. The first-order valence-electron chi connectivity index (χ1n) is 9.96. The van der Waals surface area contributed by atoms with Crippen molar-refractivity contribution in [3.05, 3.63) is 88.0 Å². The van der Waals surface area contributed by atoms with E-state index in [1.807, 2.05) is 24.4 Å². The summed E-state index contributed by atoms with van der Waals surface area (Å²) in [5.41, 5.74) is 3.33. The van der Waals surface area contributed by atoms with Gasteiger partial charge in [0.25, 0.3) is 5.91 Å². The molecule has 0 saturated heterocycles. The summed E-state index contributed by atoms with van der Waals surface area (Å²) in [5.74, 6) is -0.279. The smallest absolute Gasteiger partial charge is 0.251 e. The molecule has 2 N–H and O–H groups in total. The Morgan fingerprint density at radius 2 is 1.78 bits per heavy atom. The average molecular weight is 449 g/mol. The fourth-order valence-electron chi connectivity index (χ4n) is 3.40. The van der Waals surface area contributed by atoms with Crippen LogP contribution < -0.4 is 10.6 Å². The summed E-state index contributed by atoms with van der Waals surface area (Å²) in [5, 5.41) is 12.3. The van der Waals surface area contributed by atoms with Crippen molar-refractivity contribution in [1.82, 2.24) is 15.1 Å². The SMILES string of the molecule is CC(=O)Nc1c(-c2ccc(F)cc2)c(C)nn1-c1ccc(C(=O)NCc2cccs2)cc1. The minimum atomic E-state index is -0.340. The maximum absolute atomic E-state index is 13.4.